The molecule has 0 aromatic heterocycles. The number of para-hydroxylation sites is 1. The van der Waals surface area contributed by atoms with Crippen LogP contribution in [0.25, 0.3) is 0 Å². The summed E-state index contributed by atoms with van der Waals surface area (Å²) in [5.41, 5.74) is 5.62. The zero-order valence-corrected chi connectivity index (χ0v) is 8.52. The Hall–Kier alpha value is -0.940. The molecule has 0 spiro atoms. The van der Waals surface area contributed by atoms with Crippen LogP contribution in [0.15, 0.2) is 24.3 Å². The second-order valence-corrected chi connectivity index (χ2v) is 2.68. The highest BCUT2D eigenvalue weighted by Gasteiger charge is 2.14. The molecule has 15 heavy (non-hydrogen) atoms. The molecule has 0 bridgehead atoms. The third kappa shape index (κ3) is 3.97. The van der Waals surface area contributed by atoms with E-state index in [0.29, 0.717) is 0 Å². The third-order valence-electron chi connectivity index (χ3n) is 1.70. The van der Waals surface area contributed by atoms with E-state index in [4.69, 9.17) is 5.73 Å². The normalized spacial score (nSPS) is 12.1. The molecule has 0 radical (unpaired) electrons. The average Bonchev–Trinajstić information content (AvgIpc) is 2.16. The molecule has 0 aliphatic rings. The highest BCUT2D eigenvalue weighted by atomic mass is 35.5. The quantitative estimate of drug-likeness (QED) is 0.880. The minimum absolute atomic E-state index is 0. The largest absolute Gasteiger partial charge is 0.434 e. The number of halogens is 4. The topological polar surface area (TPSA) is 35.2 Å². The lowest BCUT2D eigenvalue weighted by molar-refractivity contribution is -0.0506. The number of hydrogen-bond acceptors (Lipinski definition) is 2. The predicted molar refractivity (Wildman–Crippen MR) is 53.2 cm³/mol. The van der Waals surface area contributed by atoms with Crippen molar-refractivity contribution in [2.75, 3.05) is 6.67 Å². The minimum atomic E-state index is -2.93. The van der Waals surface area contributed by atoms with Crippen molar-refractivity contribution in [2.24, 2.45) is 5.73 Å². The van der Waals surface area contributed by atoms with Crippen LogP contribution in [-0.2, 0) is 0 Å². The maximum absolute atomic E-state index is 12.2. The molecule has 2 nitrogen and oxygen atoms in total. The van der Waals surface area contributed by atoms with Gasteiger partial charge in [0.25, 0.3) is 0 Å². The molecule has 0 aliphatic heterocycles. The first-order chi connectivity index (χ1) is 6.65. The first-order valence-corrected chi connectivity index (χ1v) is 4.00. The van der Waals surface area contributed by atoms with Gasteiger partial charge in [-0.25, -0.2) is 4.39 Å². The number of ether oxygens (including phenoxy) is 1. The summed E-state index contributed by atoms with van der Waals surface area (Å²) in [6, 6.07) is 4.97. The van der Waals surface area contributed by atoms with Gasteiger partial charge in [0.1, 0.15) is 12.4 Å². The SMILES string of the molecule is Cl.N[C@H](CF)c1ccccc1OC(F)F. The van der Waals surface area contributed by atoms with E-state index >= 15 is 0 Å². The van der Waals surface area contributed by atoms with Gasteiger partial charge in [-0.2, -0.15) is 8.78 Å². The summed E-state index contributed by atoms with van der Waals surface area (Å²) in [6.45, 7) is -3.74. The Morgan fingerprint density at radius 1 is 1.27 bits per heavy atom. The second-order valence-electron chi connectivity index (χ2n) is 2.68. The van der Waals surface area contributed by atoms with Crippen LogP contribution in [0.5, 0.6) is 5.75 Å². The maximum Gasteiger partial charge on any atom is 0.387 e. The van der Waals surface area contributed by atoms with Gasteiger partial charge >= 0.3 is 6.61 Å². The van der Waals surface area contributed by atoms with Crippen LogP contribution < -0.4 is 10.5 Å². The fraction of sp³-hybridized carbons (Fsp3) is 0.333. The number of alkyl halides is 3. The van der Waals surface area contributed by atoms with Gasteiger partial charge < -0.3 is 10.5 Å². The summed E-state index contributed by atoms with van der Waals surface area (Å²) in [5.74, 6) is -0.0762. The molecule has 0 aliphatic carbocycles. The smallest absolute Gasteiger partial charge is 0.387 e. The van der Waals surface area contributed by atoms with E-state index in [1.165, 1.54) is 18.2 Å². The average molecular weight is 242 g/mol. The van der Waals surface area contributed by atoms with E-state index in [0.717, 1.165) is 0 Å². The van der Waals surface area contributed by atoms with Gasteiger partial charge in [0.05, 0.1) is 6.04 Å². The van der Waals surface area contributed by atoms with Crippen LogP contribution in [0.1, 0.15) is 11.6 Å². The van der Waals surface area contributed by atoms with Gasteiger partial charge in [0.15, 0.2) is 0 Å². The number of hydrogen-bond donors (Lipinski definition) is 1. The number of nitrogens with two attached hydrogens (primary N) is 1. The monoisotopic (exact) mass is 241 g/mol. The molecule has 1 atom stereocenters. The standard InChI is InChI=1S/C9H10F3NO.ClH/c10-5-7(13)6-3-1-2-4-8(6)14-9(11)12;/h1-4,7,9H,5,13H2;1H/t7-;/m1./s1. The summed E-state index contributed by atoms with van der Waals surface area (Å²) in [5, 5.41) is 0. The van der Waals surface area contributed by atoms with Crippen LogP contribution in [-0.4, -0.2) is 13.3 Å². The van der Waals surface area contributed by atoms with Gasteiger partial charge in [-0.15, -0.1) is 12.4 Å². The van der Waals surface area contributed by atoms with Crippen molar-refractivity contribution in [1.82, 2.24) is 0 Å². The van der Waals surface area contributed by atoms with Gasteiger partial charge in [-0.05, 0) is 6.07 Å². The Bertz CT molecular complexity index is 298. The lowest BCUT2D eigenvalue weighted by Gasteiger charge is -2.13. The van der Waals surface area contributed by atoms with E-state index in [9.17, 15) is 13.2 Å². The molecule has 0 unspecified atom stereocenters. The van der Waals surface area contributed by atoms with Gasteiger partial charge in [-0.3, -0.25) is 0 Å². The Balaban J connectivity index is 0.00000196. The first kappa shape index (κ1) is 14.1. The number of rotatable bonds is 4. The Kier molecular flexibility index (Phi) is 6.12. The maximum atomic E-state index is 12.2. The second kappa shape index (κ2) is 6.53. The molecule has 0 saturated carbocycles. The van der Waals surface area contributed by atoms with Crippen molar-refractivity contribution < 1.29 is 17.9 Å². The summed E-state index contributed by atoms with van der Waals surface area (Å²) in [7, 11) is 0. The van der Waals surface area contributed by atoms with Crippen LogP contribution >= 0.6 is 12.4 Å². The fourth-order valence-electron chi connectivity index (χ4n) is 1.07. The van der Waals surface area contributed by atoms with E-state index in [1.54, 1.807) is 6.07 Å². The van der Waals surface area contributed by atoms with E-state index in [1.807, 2.05) is 0 Å². The van der Waals surface area contributed by atoms with Crippen molar-refractivity contribution in [3.05, 3.63) is 29.8 Å². The van der Waals surface area contributed by atoms with Crippen molar-refractivity contribution in [3.63, 3.8) is 0 Å². The highest BCUT2D eigenvalue weighted by Crippen LogP contribution is 2.25. The van der Waals surface area contributed by atoms with Crippen LogP contribution in [0.2, 0.25) is 0 Å². The zero-order valence-electron chi connectivity index (χ0n) is 7.70. The fourth-order valence-corrected chi connectivity index (χ4v) is 1.07. The van der Waals surface area contributed by atoms with E-state index in [2.05, 4.69) is 4.74 Å². The minimum Gasteiger partial charge on any atom is -0.434 e. The molecule has 1 aromatic carbocycles. The molecule has 86 valence electrons. The number of benzene rings is 1. The van der Waals surface area contributed by atoms with Crippen molar-refractivity contribution in [2.45, 2.75) is 12.7 Å². The molecular formula is C9H11ClF3NO. The van der Waals surface area contributed by atoms with Gasteiger partial charge in [0, 0.05) is 5.56 Å². The summed E-state index contributed by atoms with van der Waals surface area (Å²) in [4.78, 5) is 0. The van der Waals surface area contributed by atoms with Crippen LogP contribution in [0.4, 0.5) is 13.2 Å². The Morgan fingerprint density at radius 3 is 2.40 bits per heavy atom. The summed E-state index contributed by atoms with van der Waals surface area (Å²) < 4.78 is 40.2. The molecule has 2 N–H and O–H groups in total. The lowest BCUT2D eigenvalue weighted by atomic mass is 10.1. The molecule has 1 rings (SSSR count). The van der Waals surface area contributed by atoms with E-state index in [-0.39, 0.29) is 23.7 Å². The molecular weight excluding hydrogens is 231 g/mol. The predicted octanol–water partition coefficient (Wildman–Crippen LogP) is 2.68. The summed E-state index contributed by atoms with van der Waals surface area (Å²) in [6.07, 6.45) is 0. The third-order valence-corrected chi connectivity index (χ3v) is 1.70. The van der Waals surface area contributed by atoms with Gasteiger partial charge in [0.2, 0.25) is 0 Å². The van der Waals surface area contributed by atoms with Crippen molar-refractivity contribution >= 4 is 12.4 Å². The first-order valence-electron chi connectivity index (χ1n) is 4.00. The molecule has 6 heteroatoms. The molecule has 0 amide bonds. The molecule has 1 aromatic rings. The molecule has 0 fully saturated rings. The van der Waals surface area contributed by atoms with Crippen molar-refractivity contribution in [3.8, 4) is 5.75 Å². The lowest BCUT2D eigenvalue weighted by Crippen LogP contribution is -2.15. The van der Waals surface area contributed by atoms with Gasteiger partial charge in [-0.1, -0.05) is 18.2 Å². The van der Waals surface area contributed by atoms with E-state index < -0.39 is 19.3 Å². The van der Waals surface area contributed by atoms with Crippen LogP contribution in [0, 0.1) is 0 Å². The highest BCUT2D eigenvalue weighted by molar-refractivity contribution is 5.85. The zero-order chi connectivity index (χ0) is 10.6. The molecule has 0 heterocycles. The Morgan fingerprint density at radius 2 is 1.87 bits per heavy atom. The Labute approximate surface area is 91.6 Å². The van der Waals surface area contributed by atoms with Crippen molar-refractivity contribution in [1.29, 1.82) is 0 Å². The van der Waals surface area contributed by atoms with Crippen LogP contribution in [0.3, 0.4) is 0 Å². The summed E-state index contributed by atoms with van der Waals surface area (Å²) >= 11 is 0. The molecule has 0 saturated heterocycles.